The van der Waals surface area contributed by atoms with Gasteiger partial charge in [0, 0.05) is 44.2 Å². The summed E-state index contributed by atoms with van der Waals surface area (Å²) in [5, 5.41) is 22.6. The van der Waals surface area contributed by atoms with Gasteiger partial charge < -0.3 is 29.5 Å². The number of carbonyl (C=O) groups is 2. The van der Waals surface area contributed by atoms with Crippen LogP contribution in [0, 0.1) is 11.8 Å². The highest BCUT2D eigenvalue weighted by atomic mass is 35.5. The van der Waals surface area contributed by atoms with Crippen molar-refractivity contribution in [1.29, 1.82) is 0 Å². The van der Waals surface area contributed by atoms with Crippen molar-refractivity contribution < 1.29 is 29.3 Å². The monoisotopic (exact) mass is 624 g/mol. The molecule has 0 aromatic heterocycles. The van der Waals surface area contributed by atoms with Crippen molar-refractivity contribution in [2.45, 2.75) is 69.0 Å². The molecule has 3 aliphatic rings. The van der Waals surface area contributed by atoms with E-state index in [0.29, 0.717) is 49.3 Å². The van der Waals surface area contributed by atoms with E-state index in [1.54, 1.807) is 39.5 Å². The van der Waals surface area contributed by atoms with Crippen molar-refractivity contribution in [2.24, 2.45) is 11.8 Å². The number of hydrogen-bond acceptors (Lipinski definition) is 6. The summed E-state index contributed by atoms with van der Waals surface area (Å²) >= 11 is 6.39. The minimum absolute atomic E-state index is 0.0389. The fourth-order valence-electron chi connectivity index (χ4n) is 7.40. The minimum Gasteiger partial charge on any atom is -0.495 e. The third kappa shape index (κ3) is 6.35. The minimum atomic E-state index is -2.40. The van der Waals surface area contributed by atoms with Crippen molar-refractivity contribution in [1.82, 2.24) is 4.90 Å². The van der Waals surface area contributed by atoms with Crippen LogP contribution in [0.3, 0.4) is 0 Å². The standard InChI is InChI=1S/C35H45ClN2O6/c1-34(16-7-8-23-18-26(36)12-14-28(23)34)22-38-21-24-10-13-27(24)30(43-3)9-5-6-17-37(2)32(39)20-35(42,33(40)41)25-11-15-31(44-4)29(38)19-25/h5,9,11-12,14-15,18-19,24,27,30,42H,6-8,10,13,16-17,20-22H2,1-4H3,(H,40,41)/b9-5+/t24-,27+,30?,34-,35-/m0/s1. The number of amides is 1. The number of ether oxygens (including phenoxy) is 2. The predicted molar refractivity (Wildman–Crippen MR) is 172 cm³/mol. The van der Waals surface area contributed by atoms with Gasteiger partial charge in [-0.15, -0.1) is 0 Å². The number of benzene rings is 2. The molecular formula is C35H45ClN2O6. The van der Waals surface area contributed by atoms with Gasteiger partial charge in [0.2, 0.25) is 5.91 Å². The zero-order valence-electron chi connectivity index (χ0n) is 26.2. The fraction of sp³-hybridized carbons (Fsp3) is 0.543. The van der Waals surface area contributed by atoms with Crippen molar-refractivity contribution in [3.05, 3.63) is 70.3 Å². The van der Waals surface area contributed by atoms with E-state index in [1.165, 1.54) is 16.0 Å². The molecule has 1 unspecified atom stereocenters. The quantitative estimate of drug-likeness (QED) is 0.420. The van der Waals surface area contributed by atoms with Crippen molar-refractivity contribution in [3.63, 3.8) is 0 Å². The Morgan fingerprint density at radius 3 is 2.64 bits per heavy atom. The van der Waals surface area contributed by atoms with Crippen LogP contribution in [0.5, 0.6) is 5.75 Å². The van der Waals surface area contributed by atoms with E-state index < -0.39 is 23.9 Å². The number of methoxy groups -OCH3 is 2. The lowest BCUT2D eigenvalue weighted by Crippen LogP contribution is -2.48. The Kier molecular flexibility index (Phi) is 9.64. The van der Waals surface area contributed by atoms with E-state index in [1.807, 2.05) is 12.1 Å². The third-order valence-electron chi connectivity index (χ3n) is 10.2. The van der Waals surface area contributed by atoms with E-state index in [2.05, 4.69) is 30.0 Å². The van der Waals surface area contributed by atoms with Crippen LogP contribution < -0.4 is 9.64 Å². The van der Waals surface area contributed by atoms with E-state index >= 15 is 0 Å². The lowest BCUT2D eigenvalue weighted by Gasteiger charge is -2.47. The summed E-state index contributed by atoms with van der Waals surface area (Å²) in [7, 11) is 4.98. The van der Waals surface area contributed by atoms with Crippen LogP contribution in [0.1, 0.15) is 62.1 Å². The molecule has 9 heteroatoms. The van der Waals surface area contributed by atoms with Gasteiger partial charge in [-0.3, -0.25) is 4.79 Å². The first kappa shape index (κ1) is 32.3. The average Bonchev–Trinajstić information content (AvgIpc) is 2.98. The lowest BCUT2D eigenvalue weighted by atomic mass is 9.68. The highest BCUT2D eigenvalue weighted by Crippen LogP contribution is 2.45. The molecule has 5 rings (SSSR count). The summed E-state index contributed by atoms with van der Waals surface area (Å²) in [6, 6.07) is 11.1. The Balaban J connectivity index is 1.63. The molecule has 2 N–H and O–H groups in total. The molecule has 5 atom stereocenters. The van der Waals surface area contributed by atoms with Crippen LogP contribution in [-0.2, 0) is 31.8 Å². The molecule has 238 valence electrons. The highest BCUT2D eigenvalue weighted by molar-refractivity contribution is 6.30. The lowest BCUT2D eigenvalue weighted by molar-refractivity contribution is -0.164. The average molecular weight is 625 g/mol. The number of anilines is 1. The normalized spacial score (nSPS) is 30.1. The van der Waals surface area contributed by atoms with Gasteiger partial charge in [0.25, 0.3) is 0 Å². The Morgan fingerprint density at radius 2 is 1.95 bits per heavy atom. The van der Waals surface area contributed by atoms with Gasteiger partial charge in [-0.05, 0) is 91.3 Å². The number of carboxylic acids is 1. The van der Waals surface area contributed by atoms with Gasteiger partial charge in [-0.25, -0.2) is 4.79 Å². The van der Waals surface area contributed by atoms with Crippen LogP contribution in [0.2, 0.25) is 5.02 Å². The molecule has 44 heavy (non-hydrogen) atoms. The Bertz CT molecular complexity index is 1410. The molecule has 0 saturated heterocycles. The maximum atomic E-state index is 13.2. The molecule has 1 aliphatic heterocycles. The molecule has 1 fully saturated rings. The molecule has 2 aromatic rings. The van der Waals surface area contributed by atoms with Gasteiger partial charge in [0.15, 0.2) is 5.60 Å². The number of aliphatic hydroxyl groups is 1. The number of hydrogen-bond donors (Lipinski definition) is 2. The maximum absolute atomic E-state index is 13.2. The van der Waals surface area contributed by atoms with Crippen LogP contribution in [-0.4, -0.2) is 74.0 Å². The molecule has 2 bridgehead atoms. The zero-order chi connectivity index (χ0) is 31.6. The third-order valence-corrected chi connectivity index (χ3v) is 10.4. The molecule has 2 aromatic carbocycles. The molecule has 2 aliphatic carbocycles. The van der Waals surface area contributed by atoms with E-state index in [9.17, 15) is 19.8 Å². The second kappa shape index (κ2) is 13.1. The highest BCUT2D eigenvalue weighted by Gasteiger charge is 2.44. The summed E-state index contributed by atoms with van der Waals surface area (Å²) < 4.78 is 11.8. The zero-order valence-corrected chi connectivity index (χ0v) is 27.0. The Labute approximate surface area is 265 Å². The topological polar surface area (TPSA) is 99.5 Å². The second-order valence-corrected chi connectivity index (χ2v) is 13.5. The largest absolute Gasteiger partial charge is 0.495 e. The summed E-state index contributed by atoms with van der Waals surface area (Å²) in [5.41, 5.74) is 0.782. The number of aryl methyl sites for hydroxylation is 1. The SMILES string of the molecule is COc1ccc2cc1N(C[C@]1(C)CCCc3cc(Cl)ccc31)C[C@@H]1CC[C@H]1C(OC)/C=C/CCN(C)C(=O)C[C@@]2(O)C(=O)O. The number of carbonyl (C=O) groups excluding carboxylic acids is 1. The van der Waals surface area contributed by atoms with Gasteiger partial charge >= 0.3 is 5.97 Å². The van der Waals surface area contributed by atoms with Crippen molar-refractivity contribution >= 4 is 29.2 Å². The summed E-state index contributed by atoms with van der Waals surface area (Å²) in [5.74, 6) is -0.667. The number of aliphatic carboxylic acids is 1. The molecular weight excluding hydrogens is 580 g/mol. The molecule has 1 saturated carbocycles. The molecule has 8 nitrogen and oxygen atoms in total. The van der Waals surface area contributed by atoms with Gasteiger partial charge in [-0.2, -0.15) is 0 Å². The van der Waals surface area contributed by atoms with E-state index in [0.717, 1.165) is 37.1 Å². The first-order chi connectivity index (χ1) is 21.0. The second-order valence-electron chi connectivity index (χ2n) is 13.1. The van der Waals surface area contributed by atoms with Crippen molar-refractivity contribution in [2.75, 3.05) is 45.8 Å². The number of fused-ring (bicyclic) bond motifs is 4. The predicted octanol–water partition coefficient (Wildman–Crippen LogP) is 5.57. The summed E-state index contributed by atoms with van der Waals surface area (Å²) in [6.07, 6.45) is 9.22. The Hall–Kier alpha value is -3.07. The molecule has 0 radical (unpaired) electrons. The molecule has 0 spiro atoms. The van der Waals surface area contributed by atoms with Gasteiger partial charge in [0.1, 0.15) is 5.75 Å². The summed E-state index contributed by atoms with van der Waals surface area (Å²) in [4.78, 5) is 29.6. The smallest absolute Gasteiger partial charge is 0.340 e. The summed E-state index contributed by atoms with van der Waals surface area (Å²) in [6.45, 7) is 4.06. The van der Waals surface area contributed by atoms with Crippen LogP contribution in [0.4, 0.5) is 5.69 Å². The first-order valence-electron chi connectivity index (χ1n) is 15.6. The van der Waals surface area contributed by atoms with Gasteiger partial charge in [0.05, 0.1) is 25.3 Å². The molecule has 1 amide bonds. The van der Waals surface area contributed by atoms with Crippen molar-refractivity contribution in [3.8, 4) is 5.75 Å². The number of nitrogens with zero attached hydrogens (tertiary/aromatic N) is 2. The number of carboxylic acid groups (broad SMARTS) is 1. The first-order valence-corrected chi connectivity index (χ1v) is 16.0. The van der Waals surface area contributed by atoms with E-state index in [-0.39, 0.29) is 17.1 Å². The fourth-order valence-corrected chi connectivity index (χ4v) is 7.60. The van der Waals surface area contributed by atoms with Crippen LogP contribution >= 0.6 is 11.6 Å². The van der Waals surface area contributed by atoms with E-state index in [4.69, 9.17) is 21.1 Å². The van der Waals surface area contributed by atoms with Gasteiger partial charge in [-0.1, -0.05) is 42.8 Å². The van der Waals surface area contributed by atoms with Crippen LogP contribution in [0.15, 0.2) is 48.6 Å². The molecule has 1 heterocycles. The number of rotatable bonds is 5. The van der Waals surface area contributed by atoms with Crippen LogP contribution in [0.25, 0.3) is 0 Å². The Morgan fingerprint density at radius 1 is 1.16 bits per heavy atom. The maximum Gasteiger partial charge on any atom is 0.340 e. The number of halogens is 1.